The Labute approximate surface area is 139 Å². The number of allylic oxidation sites excluding steroid dienone is 2. The predicted octanol–water partition coefficient (Wildman–Crippen LogP) is 5.56. The molecule has 0 saturated heterocycles. The second kappa shape index (κ2) is 7.94. The summed E-state index contributed by atoms with van der Waals surface area (Å²) in [6.45, 7) is 0.574. The smallest absolute Gasteiger partial charge is 0.449 e. The van der Waals surface area contributed by atoms with E-state index in [1.807, 2.05) is 0 Å². The zero-order valence-corrected chi connectivity index (χ0v) is 13.1. The number of ether oxygens (including phenoxy) is 1. The van der Waals surface area contributed by atoms with Crippen LogP contribution in [0.15, 0.2) is 35.8 Å². The molecule has 134 valence electrons. The van der Waals surface area contributed by atoms with E-state index >= 15 is 0 Å². The highest BCUT2D eigenvalue weighted by atomic mass is 35.5. The second-order valence-corrected chi connectivity index (χ2v) is 4.96. The van der Waals surface area contributed by atoms with Crippen molar-refractivity contribution in [2.45, 2.75) is 25.7 Å². The average Bonchev–Trinajstić information content (AvgIpc) is 2.45. The van der Waals surface area contributed by atoms with Crippen LogP contribution in [0.2, 0.25) is 5.02 Å². The van der Waals surface area contributed by atoms with Crippen molar-refractivity contribution >= 4 is 17.7 Å². The molecule has 0 aliphatic rings. The van der Waals surface area contributed by atoms with Crippen molar-refractivity contribution in [3.63, 3.8) is 0 Å². The second-order valence-electron chi connectivity index (χ2n) is 4.55. The first-order chi connectivity index (χ1) is 11.0. The third-order valence-electron chi connectivity index (χ3n) is 2.77. The van der Waals surface area contributed by atoms with Crippen LogP contribution in [0.1, 0.15) is 24.5 Å². The van der Waals surface area contributed by atoms with Crippen LogP contribution in [0.4, 0.5) is 26.3 Å². The minimum atomic E-state index is -4.84. The fourth-order valence-electron chi connectivity index (χ4n) is 1.68. The summed E-state index contributed by atoms with van der Waals surface area (Å²) in [4.78, 5) is 0. The van der Waals surface area contributed by atoms with E-state index < -0.39 is 35.3 Å². The van der Waals surface area contributed by atoms with Crippen LogP contribution in [0, 0.1) is 0 Å². The maximum absolute atomic E-state index is 12.8. The number of halogens is 7. The lowest BCUT2D eigenvalue weighted by atomic mass is 10.1. The minimum absolute atomic E-state index is 0.0111. The van der Waals surface area contributed by atoms with Gasteiger partial charge in [0.05, 0.1) is 17.2 Å². The molecule has 1 N–H and O–H groups in total. The van der Waals surface area contributed by atoms with Crippen LogP contribution >= 0.6 is 11.6 Å². The van der Waals surface area contributed by atoms with Crippen LogP contribution in [0.25, 0.3) is 6.08 Å². The van der Waals surface area contributed by atoms with Gasteiger partial charge >= 0.3 is 12.4 Å². The summed E-state index contributed by atoms with van der Waals surface area (Å²) in [5, 5.41) is 8.10. The van der Waals surface area contributed by atoms with Gasteiger partial charge in [0.25, 0.3) is 0 Å². The monoisotopic (exact) mass is 374 g/mol. The van der Waals surface area contributed by atoms with Gasteiger partial charge in [0.1, 0.15) is 5.76 Å². The fraction of sp³-hybridized carbons (Fsp3) is 0.333. The normalized spacial score (nSPS) is 14.0. The molecule has 0 amide bonds. The van der Waals surface area contributed by atoms with E-state index in [2.05, 4.69) is 4.74 Å². The van der Waals surface area contributed by atoms with Crippen molar-refractivity contribution in [1.82, 2.24) is 0 Å². The van der Waals surface area contributed by atoms with Crippen molar-refractivity contribution in [3.8, 4) is 0 Å². The lowest BCUT2D eigenvalue weighted by molar-refractivity contribution is -0.137. The molecule has 2 nitrogen and oxygen atoms in total. The molecule has 0 spiro atoms. The first-order valence-corrected chi connectivity index (χ1v) is 7.00. The van der Waals surface area contributed by atoms with Gasteiger partial charge in [0.2, 0.25) is 5.76 Å². The Kier molecular flexibility index (Phi) is 6.74. The van der Waals surface area contributed by atoms with Crippen LogP contribution in [0.5, 0.6) is 0 Å². The largest absolute Gasteiger partial charge is 0.457 e. The van der Waals surface area contributed by atoms with Gasteiger partial charge in [0.15, 0.2) is 0 Å². The molecule has 1 aromatic carbocycles. The van der Waals surface area contributed by atoms with E-state index in [1.165, 1.54) is 13.0 Å². The summed E-state index contributed by atoms with van der Waals surface area (Å²) in [5.41, 5.74) is -1.12. The summed E-state index contributed by atoms with van der Waals surface area (Å²) in [7, 11) is 0. The first kappa shape index (κ1) is 20.4. The molecule has 24 heavy (non-hydrogen) atoms. The number of aliphatic hydroxyl groups is 1. The first-order valence-electron chi connectivity index (χ1n) is 6.62. The quantitative estimate of drug-likeness (QED) is 0.539. The summed E-state index contributed by atoms with van der Waals surface area (Å²) >= 11 is 5.48. The highest BCUT2D eigenvalue weighted by Crippen LogP contribution is 2.36. The number of hydrogen-bond donors (Lipinski definition) is 1. The molecule has 0 aromatic heterocycles. The lowest BCUT2D eigenvalue weighted by Gasteiger charge is -2.15. The van der Waals surface area contributed by atoms with Crippen molar-refractivity contribution in [3.05, 3.63) is 51.9 Å². The van der Waals surface area contributed by atoms with Gasteiger partial charge in [-0.05, 0) is 29.8 Å². The standard InChI is InChI=1S/C15H13ClF6O2/c1-2-10(24-13(5-6-23)15(20,21)22)7-9-3-4-12(16)11(8-9)14(17,18)19/h3-5,7-8,23H,2,6H2,1H3/b10-7-,13-5-. The van der Waals surface area contributed by atoms with E-state index in [1.54, 1.807) is 0 Å². The highest BCUT2D eigenvalue weighted by Gasteiger charge is 2.36. The minimum Gasteiger partial charge on any atom is -0.457 e. The molecule has 9 heteroatoms. The van der Waals surface area contributed by atoms with Gasteiger partial charge < -0.3 is 9.84 Å². The Hall–Kier alpha value is -1.67. The van der Waals surface area contributed by atoms with E-state index in [0.717, 1.165) is 12.1 Å². The van der Waals surface area contributed by atoms with E-state index in [9.17, 15) is 26.3 Å². The molecule has 0 saturated carbocycles. The molecule has 1 aromatic rings. The molecule has 0 radical (unpaired) electrons. The van der Waals surface area contributed by atoms with Crippen molar-refractivity contribution in [1.29, 1.82) is 0 Å². The third-order valence-corrected chi connectivity index (χ3v) is 3.10. The van der Waals surface area contributed by atoms with Gasteiger partial charge in [-0.25, -0.2) is 0 Å². The van der Waals surface area contributed by atoms with Crippen LogP contribution in [0.3, 0.4) is 0 Å². The molecule has 0 unspecified atom stereocenters. The van der Waals surface area contributed by atoms with E-state index in [0.29, 0.717) is 12.1 Å². The fourth-order valence-corrected chi connectivity index (χ4v) is 1.90. The zero-order chi connectivity index (χ0) is 18.5. The van der Waals surface area contributed by atoms with Gasteiger partial charge in [-0.15, -0.1) is 0 Å². The highest BCUT2D eigenvalue weighted by molar-refractivity contribution is 6.31. The Balaban J connectivity index is 3.19. The lowest BCUT2D eigenvalue weighted by Crippen LogP contribution is -2.15. The Morgan fingerprint density at radius 1 is 1.21 bits per heavy atom. The number of hydrogen-bond acceptors (Lipinski definition) is 2. The van der Waals surface area contributed by atoms with Gasteiger partial charge in [-0.1, -0.05) is 24.6 Å². The predicted molar refractivity (Wildman–Crippen MR) is 77.0 cm³/mol. The molecule has 0 aliphatic heterocycles. The van der Waals surface area contributed by atoms with Crippen LogP contribution in [-0.4, -0.2) is 17.9 Å². The summed E-state index contributed by atoms with van der Waals surface area (Å²) in [5.74, 6) is -1.66. The summed E-state index contributed by atoms with van der Waals surface area (Å²) < 4.78 is 81.2. The molecule has 0 aliphatic carbocycles. The molecular formula is C15H13ClF6O2. The van der Waals surface area contributed by atoms with Crippen molar-refractivity contribution < 1.29 is 36.2 Å². The molecule has 0 bridgehead atoms. The Morgan fingerprint density at radius 3 is 2.29 bits per heavy atom. The maximum atomic E-state index is 12.8. The molecule has 0 heterocycles. The molecule has 1 rings (SSSR count). The topological polar surface area (TPSA) is 29.5 Å². The molecular weight excluding hydrogens is 362 g/mol. The van der Waals surface area contributed by atoms with Gasteiger partial charge in [0, 0.05) is 6.42 Å². The van der Waals surface area contributed by atoms with E-state index in [-0.39, 0.29) is 17.7 Å². The van der Waals surface area contributed by atoms with Crippen molar-refractivity contribution in [2.75, 3.05) is 6.61 Å². The summed E-state index contributed by atoms with van der Waals surface area (Å²) in [6.07, 6.45) is -8.08. The Morgan fingerprint density at radius 2 is 1.83 bits per heavy atom. The van der Waals surface area contributed by atoms with E-state index in [4.69, 9.17) is 16.7 Å². The van der Waals surface area contributed by atoms with Gasteiger partial charge in [-0.2, -0.15) is 26.3 Å². The SMILES string of the molecule is CC/C(=C/c1ccc(Cl)c(C(F)(F)F)c1)O/C(=C\CO)C(F)(F)F. The summed E-state index contributed by atoms with van der Waals surface area (Å²) in [6, 6.07) is 2.93. The average molecular weight is 375 g/mol. The number of benzene rings is 1. The number of alkyl halides is 6. The Bertz CT molecular complexity index is 632. The number of aliphatic hydroxyl groups excluding tert-OH is 1. The van der Waals surface area contributed by atoms with Crippen LogP contribution in [-0.2, 0) is 10.9 Å². The molecule has 0 fully saturated rings. The third kappa shape index (κ3) is 5.76. The van der Waals surface area contributed by atoms with Crippen molar-refractivity contribution in [2.24, 2.45) is 0 Å². The zero-order valence-electron chi connectivity index (χ0n) is 12.3. The van der Waals surface area contributed by atoms with Gasteiger partial charge in [-0.3, -0.25) is 0 Å². The van der Waals surface area contributed by atoms with Crippen LogP contribution < -0.4 is 0 Å². The molecule has 0 atom stereocenters. The number of rotatable bonds is 5. The maximum Gasteiger partial charge on any atom is 0.449 e.